The number of rotatable bonds is 7. The molecule has 1 aromatic rings. The number of allylic oxidation sites excluding steroid dienone is 1. The molecular formula is C17H22FNO3. The van der Waals surface area contributed by atoms with Crippen LogP contribution in [0.25, 0.3) is 0 Å². The second-order valence-electron chi connectivity index (χ2n) is 5.50. The Kier molecular flexibility index (Phi) is 6.28. The van der Waals surface area contributed by atoms with Gasteiger partial charge in [0.25, 0.3) is 0 Å². The predicted octanol–water partition coefficient (Wildman–Crippen LogP) is 2.58. The third-order valence-corrected chi connectivity index (χ3v) is 3.24. The summed E-state index contributed by atoms with van der Waals surface area (Å²) in [5.74, 6) is -1.38. The van der Waals surface area contributed by atoms with Gasteiger partial charge in [0.2, 0.25) is 0 Å². The van der Waals surface area contributed by atoms with E-state index in [1.165, 1.54) is 25.1 Å². The van der Waals surface area contributed by atoms with Crippen LogP contribution in [0, 0.1) is 11.2 Å². The van der Waals surface area contributed by atoms with E-state index >= 15 is 0 Å². The number of carbonyl (C=O) groups excluding carboxylic acids is 2. The second-order valence-corrected chi connectivity index (χ2v) is 5.50. The van der Waals surface area contributed by atoms with Crippen LogP contribution in [-0.2, 0) is 20.7 Å². The molecule has 0 radical (unpaired) electrons. The monoisotopic (exact) mass is 307 g/mol. The first-order valence-electron chi connectivity index (χ1n) is 7.10. The van der Waals surface area contributed by atoms with E-state index < -0.39 is 17.2 Å². The molecule has 0 bridgehead atoms. The molecule has 0 heterocycles. The molecule has 22 heavy (non-hydrogen) atoms. The highest BCUT2D eigenvalue weighted by atomic mass is 19.1. The molecule has 0 aliphatic carbocycles. The van der Waals surface area contributed by atoms with Gasteiger partial charge in [-0.1, -0.05) is 12.1 Å². The van der Waals surface area contributed by atoms with Crippen molar-refractivity contribution in [2.24, 2.45) is 5.41 Å². The van der Waals surface area contributed by atoms with Crippen LogP contribution >= 0.6 is 0 Å². The number of carbonyl (C=O) groups is 2. The van der Waals surface area contributed by atoms with Crippen molar-refractivity contribution in [3.05, 3.63) is 47.9 Å². The summed E-state index contributed by atoms with van der Waals surface area (Å²) in [5, 5.41) is 0. The Morgan fingerprint density at radius 2 is 2.05 bits per heavy atom. The molecule has 0 fully saturated rings. The Bertz CT molecular complexity index is 569. The maximum atomic E-state index is 13.3. The Morgan fingerprint density at radius 1 is 1.36 bits per heavy atom. The number of ketones is 1. The van der Waals surface area contributed by atoms with Gasteiger partial charge in [-0.25, -0.2) is 4.39 Å². The lowest BCUT2D eigenvalue weighted by Gasteiger charge is -2.25. The average molecular weight is 307 g/mol. The summed E-state index contributed by atoms with van der Waals surface area (Å²) in [6.45, 7) is 3.39. The van der Waals surface area contributed by atoms with Gasteiger partial charge in [-0.3, -0.25) is 9.59 Å². The van der Waals surface area contributed by atoms with Crippen LogP contribution in [0.4, 0.5) is 4.39 Å². The number of esters is 1. The zero-order chi connectivity index (χ0) is 16.8. The van der Waals surface area contributed by atoms with Crippen LogP contribution in [-0.4, -0.2) is 37.4 Å². The highest BCUT2D eigenvalue weighted by Crippen LogP contribution is 2.27. The van der Waals surface area contributed by atoms with E-state index in [0.717, 1.165) is 0 Å². The third-order valence-electron chi connectivity index (χ3n) is 3.24. The Labute approximate surface area is 130 Å². The van der Waals surface area contributed by atoms with Gasteiger partial charge in [0.15, 0.2) is 5.78 Å². The number of hydrogen-bond acceptors (Lipinski definition) is 4. The smallest absolute Gasteiger partial charge is 0.320 e. The Hall–Kier alpha value is -2.17. The molecule has 4 nitrogen and oxygen atoms in total. The predicted molar refractivity (Wildman–Crippen MR) is 82.7 cm³/mol. The number of halogens is 1. The van der Waals surface area contributed by atoms with Crippen LogP contribution < -0.4 is 0 Å². The molecule has 0 aliphatic heterocycles. The van der Waals surface area contributed by atoms with Gasteiger partial charge < -0.3 is 9.64 Å². The molecule has 0 N–H and O–H groups in total. The summed E-state index contributed by atoms with van der Waals surface area (Å²) in [7, 11) is 3.55. The van der Waals surface area contributed by atoms with Crippen molar-refractivity contribution in [2.45, 2.75) is 20.3 Å². The van der Waals surface area contributed by atoms with Crippen molar-refractivity contribution in [1.29, 1.82) is 0 Å². The quantitative estimate of drug-likeness (QED) is 0.441. The van der Waals surface area contributed by atoms with Gasteiger partial charge in [0.05, 0.1) is 6.61 Å². The van der Waals surface area contributed by atoms with E-state index in [1.807, 2.05) is 0 Å². The standard InChI is InChI=1S/C17H22FNO3/c1-5-22-16(21)17(2,15(20)9-10-19(3)4)12-13-7-6-8-14(18)11-13/h6-11H,5,12H2,1-4H3/b10-9+. The molecule has 1 rings (SSSR count). The van der Waals surface area contributed by atoms with Crippen LogP contribution in [0.3, 0.4) is 0 Å². The van der Waals surface area contributed by atoms with E-state index in [-0.39, 0.29) is 18.8 Å². The second kappa shape index (κ2) is 7.73. The van der Waals surface area contributed by atoms with Gasteiger partial charge in [-0.05, 0) is 44.0 Å². The first-order chi connectivity index (χ1) is 10.3. The average Bonchev–Trinajstić information content (AvgIpc) is 2.44. The molecule has 0 saturated carbocycles. The highest BCUT2D eigenvalue weighted by molar-refractivity contribution is 6.09. The van der Waals surface area contributed by atoms with Crippen molar-refractivity contribution in [3.8, 4) is 0 Å². The van der Waals surface area contributed by atoms with Crippen LogP contribution in [0.2, 0.25) is 0 Å². The SMILES string of the molecule is CCOC(=O)C(C)(Cc1cccc(F)c1)C(=O)/C=C/N(C)C. The number of ether oxygens (including phenoxy) is 1. The molecule has 0 aliphatic rings. The van der Waals surface area contributed by atoms with Crippen molar-refractivity contribution in [1.82, 2.24) is 4.90 Å². The lowest BCUT2D eigenvalue weighted by atomic mass is 9.79. The third kappa shape index (κ3) is 4.69. The molecule has 1 unspecified atom stereocenters. The van der Waals surface area contributed by atoms with Crippen molar-refractivity contribution >= 4 is 11.8 Å². The van der Waals surface area contributed by atoms with Crippen LogP contribution in [0.5, 0.6) is 0 Å². The molecular weight excluding hydrogens is 285 g/mol. The molecule has 1 atom stereocenters. The summed E-state index contributed by atoms with van der Waals surface area (Å²) < 4.78 is 18.4. The summed E-state index contributed by atoms with van der Waals surface area (Å²) in [6.07, 6.45) is 3.00. The minimum atomic E-state index is -1.38. The maximum Gasteiger partial charge on any atom is 0.320 e. The molecule has 1 aromatic carbocycles. The molecule has 0 spiro atoms. The van der Waals surface area contributed by atoms with E-state index in [1.54, 1.807) is 44.3 Å². The summed E-state index contributed by atoms with van der Waals surface area (Å²) >= 11 is 0. The number of hydrogen-bond donors (Lipinski definition) is 0. The Balaban J connectivity index is 3.11. The van der Waals surface area contributed by atoms with Gasteiger partial charge in [-0.2, -0.15) is 0 Å². The van der Waals surface area contributed by atoms with E-state index in [4.69, 9.17) is 4.74 Å². The first-order valence-corrected chi connectivity index (χ1v) is 7.10. The van der Waals surface area contributed by atoms with E-state index in [0.29, 0.717) is 5.56 Å². The minimum Gasteiger partial charge on any atom is -0.465 e. The lowest BCUT2D eigenvalue weighted by Crippen LogP contribution is -2.39. The van der Waals surface area contributed by atoms with Crippen molar-refractivity contribution < 1.29 is 18.7 Å². The van der Waals surface area contributed by atoms with Gasteiger partial charge in [0.1, 0.15) is 11.2 Å². The zero-order valence-corrected chi connectivity index (χ0v) is 13.4. The van der Waals surface area contributed by atoms with E-state index in [9.17, 15) is 14.0 Å². The lowest BCUT2D eigenvalue weighted by molar-refractivity contribution is -0.157. The maximum absolute atomic E-state index is 13.3. The van der Waals surface area contributed by atoms with Crippen LogP contribution in [0.15, 0.2) is 36.5 Å². The normalized spacial score (nSPS) is 13.7. The van der Waals surface area contributed by atoms with Gasteiger partial charge >= 0.3 is 5.97 Å². The molecule has 5 heteroatoms. The fraction of sp³-hybridized carbons (Fsp3) is 0.412. The molecule has 0 amide bonds. The van der Waals surface area contributed by atoms with Gasteiger partial charge in [-0.15, -0.1) is 0 Å². The van der Waals surface area contributed by atoms with Crippen molar-refractivity contribution in [3.63, 3.8) is 0 Å². The topological polar surface area (TPSA) is 46.6 Å². The summed E-state index contributed by atoms with van der Waals surface area (Å²) in [6, 6.07) is 5.87. The zero-order valence-electron chi connectivity index (χ0n) is 13.4. The molecule has 120 valence electrons. The molecule has 0 saturated heterocycles. The Morgan fingerprint density at radius 3 is 2.59 bits per heavy atom. The summed E-state index contributed by atoms with van der Waals surface area (Å²) in [5.41, 5.74) is -0.807. The van der Waals surface area contributed by atoms with Crippen molar-refractivity contribution in [2.75, 3.05) is 20.7 Å². The summed E-state index contributed by atoms with van der Waals surface area (Å²) in [4.78, 5) is 26.4. The fourth-order valence-corrected chi connectivity index (χ4v) is 2.01. The fourth-order valence-electron chi connectivity index (χ4n) is 2.01. The largest absolute Gasteiger partial charge is 0.465 e. The number of nitrogens with zero attached hydrogens (tertiary/aromatic N) is 1. The van der Waals surface area contributed by atoms with Crippen LogP contribution in [0.1, 0.15) is 19.4 Å². The highest BCUT2D eigenvalue weighted by Gasteiger charge is 2.41. The van der Waals surface area contributed by atoms with Gasteiger partial charge in [0, 0.05) is 20.3 Å². The number of benzene rings is 1. The van der Waals surface area contributed by atoms with E-state index in [2.05, 4.69) is 0 Å². The first kappa shape index (κ1) is 17.9. The minimum absolute atomic E-state index is 0.0835. The molecule has 0 aromatic heterocycles.